The minimum Gasteiger partial charge on any atom is -0.354 e. The Morgan fingerprint density at radius 1 is 1.23 bits per heavy atom. The molecule has 1 amide bonds. The van der Waals surface area contributed by atoms with Crippen LogP contribution in [-0.4, -0.2) is 30.0 Å². The van der Waals surface area contributed by atoms with Crippen LogP contribution in [0.4, 0.5) is 5.82 Å². The maximum atomic E-state index is 12.1. The fraction of sp³-hybridized carbons (Fsp3) is 0.667. The summed E-state index contributed by atoms with van der Waals surface area (Å²) in [4.78, 5) is 18.8. The van der Waals surface area contributed by atoms with Crippen LogP contribution in [0.1, 0.15) is 51.4 Å². The molecule has 1 saturated carbocycles. The maximum Gasteiger partial charge on any atom is 0.220 e. The molecule has 1 N–H and O–H groups in total. The summed E-state index contributed by atoms with van der Waals surface area (Å²) in [5.41, 5.74) is 0. The highest BCUT2D eigenvalue weighted by Crippen LogP contribution is 2.27. The summed E-state index contributed by atoms with van der Waals surface area (Å²) >= 11 is 0. The van der Waals surface area contributed by atoms with Gasteiger partial charge >= 0.3 is 0 Å². The number of anilines is 1. The summed E-state index contributed by atoms with van der Waals surface area (Å²) in [5.74, 6) is 2.04. The van der Waals surface area contributed by atoms with Gasteiger partial charge in [0.1, 0.15) is 5.82 Å². The normalized spacial score (nSPS) is 22.7. The molecule has 1 aliphatic carbocycles. The van der Waals surface area contributed by atoms with Crippen LogP contribution in [0.25, 0.3) is 0 Å². The molecule has 1 aliphatic heterocycles. The Balaban J connectivity index is 1.39. The number of nitrogens with zero attached hydrogens (tertiary/aromatic N) is 2. The van der Waals surface area contributed by atoms with Gasteiger partial charge in [0.25, 0.3) is 0 Å². The lowest BCUT2D eigenvalue weighted by atomic mass is 9.86. The van der Waals surface area contributed by atoms with Crippen molar-refractivity contribution in [1.29, 1.82) is 0 Å². The average molecular weight is 301 g/mol. The number of nitrogens with one attached hydrogen (secondary N) is 1. The van der Waals surface area contributed by atoms with Gasteiger partial charge in [0, 0.05) is 31.7 Å². The Bertz CT molecular complexity index is 470. The molecule has 0 bridgehead atoms. The van der Waals surface area contributed by atoms with Gasteiger partial charge < -0.3 is 10.2 Å². The van der Waals surface area contributed by atoms with Crippen molar-refractivity contribution in [3.05, 3.63) is 24.4 Å². The molecule has 1 unspecified atom stereocenters. The Morgan fingerprint density at radius 2 is 2.09 bits per heavy atom. The van der Waals surface area contributed by atoms with Crippen molar-refractivity contribution in [2.75, 3.05) is 18.0 Å². The van der Waals surface area contributed by atoms with Crippen molar-refractivity contribution in [2.45, 2.75) is 57.4 Å². The molecule has 2 heterocycles. The lowest BCUT2D eigenvalue weighted by Crippen LogP contribution is -2.37. The number of carbonyl (C=O) groups excluding carboxylic acids is 1. The van der Waals surface area contributed by atoms with Gasteiger partial charge in [-0.25, -0.2) is 4.98 Å². The van der Waals surface area contributed by atoms with Crippen LogP contribution in [0.2, 0.25) is 0 Å². The smallest absolute Gasteiger partial charge is 0.220 e. The lowest BCUT2D eigenvalue weighted by Gasteiger charge is -2.21. The molecule has 22 heavy (non-hydrogen) atoms. The highest BCUT2D eigenvalue weighted by Gasteiger charge is 2.24. The zero-order chi connectivity index (χ0) is 15.2. The van der Waals surface area contributed by atoms with Crippen LogP contribution in [0.5, 0.6) is 0 Å². The van der Waals surface area contributed by atoms with E-state index in [-0.39, 0.29) is 11.9 Å². The van der Waals surface area contributed by atoms with Crippen molar-refractivity contribution in [1.82, 2.24) is 10.3 Å². The quantitative estimate of drug-likeness (QED) is 0.909. The van der Waals surface area contributed by atoms with E-state index in [9.17, 15) is 4.79 Å². The molecular formula is C18H27N3O. The van der Waals surface area contributed by atoms with E-state index in [2.05, 4.69) is 15.2 Å². The van der Waals surface area contributed by atoms with Gasteiger partial charge in [0.05, 0.1) is 0 Å². The van der Waals surface area contributed by atoms with E-state index in [0.717, 1.165) is 37.7 Å². The molecule has 1 saturated heterocycles. The molecule has 4 heteroatoms. The summed E-state index contributed by atoms with van der Waals surface area (Å²) in [6.07, 6.45) is 11.4. The fourth-order valence-electron chi connectivity index (χ4n) is 3.74. The Kier molecular flexibility index (Phi) is 5.30. The minimum atomic E-state index is 0.235. The molecule has 0 aromatic carbocycles. The molecule has 1 atom stereocenters. The van der Waals surface area contributed by atoms with Crippen LogP contribution in [0, 0.1) is 5.92 Å². The number of carbonyl (C=O) groups is 1. The van der Waals surface area contributed by atoms with Crippen molar-refractivity contribution < 1.29 is 4.79 Å². The predicted octanol–water partition coefficient (Wildman–Crippen LogP) is 3.14. The number of aromatic nitrogens is 1. The second kappa shape index (κ2) is 7.61. The zero-order valence-electron chi connectivity index (χ0n) is 13.3. The lowest BCUT2D eigenvalue weighted by molar-refractivity contribution is -0.122. The molecule has 1 aromatic heterocycles. The van der Waals surface area contributed by atoms with E-state index in [1.807, 2.05) is 24.4 Å². The highest BCUT2D eigenvalue weighted by molar-refractivity contribution is 5.76. The zero-order valence-corrected chi connectivity index (χ0v) is 13.3. The Hall–Kier alpha value is -1.58. The highest BCUT2D eigenvalue weighted by atomic mass is 16.1. The second-order valence-electron chi connectivity index (χ2n) is 6.73. The van der Waals surface area contributed by atoms with Gasteiger partial charge in [-0.3, -0.25) is 4.79 Å². The molecular weight excluding hydrogens is 274 g/mol. The number of hydrogen-bond donors (Lipinski definition) is 1. The summed E-state index contributed by atoms with van der Waals surface area (Å²) in [6, 6.07) is 6.26. The molecule has 0 radical (unpaired) electrons. The van der Waals surface area contributed by atoms with Gasteiger partial charge in [-0.2, -0.15) is 0 Å². The number of pyridine rings is 1. The summed E-state index contributed by atoms with van der Waals surface area (Å²) in [6.45, 7) is 1.86. The second-order valence-corrected chi connectivity index (χ2v) is 6.73. The van der Waals surface area contributed by atoms with E-state index < -0.39 is 0 Å². The molecule has 120 valence electrons. The van der Waals surface area contributed by atoms with Crippen LogP contribution >= 0.6 is 0 Å². The van der Waals surface area contributed by atoms with E-state index in [0.29, 0.717) is 6.42 Å². The maximum absolute atomic E-state index is 12.1. The van der Waals surface area contributed by atoms with Gasteiger partial charge in [-0.05, 0) is 30.9 Å². The van der Waals surface area contributed by atoms with Crippen molar-refractivity contribution >= 4 is 11.7 Å². The largest absolute Gasteiger partial charge is 0.354 e. The first-order chi connectivity index (χ1) is 10.8. The number of rotatable bonds is 5. The van der Waals surface area contributed by atoms with Gasteiger partial charge in [0.2, 0.25) is 5.91 Å². The fourth-order valence-corrected chi connectivity index (χ4v) is 3.74. The summed E-state index contributed by atoms with van der Waals surface area (Å²) in [7, 11) is 0. The van der Waals surface area contributed by atoms with Gasteiger partial charge in [0.15, 0.2) is 0 Å². The van der Waals surface area contributed by atoms with Gasteiger partial charge in [-0.15, -0.1) is 0 Å². The SMILES string of the molecule is O=C(CCC1CCCCC1)NC1CCN(c2ccccn2)C1. The first-order valence-electron chi connectivity index (χ1n) is 8.76. The number of hydrogen-bond acceptors (Lipinski definition) is 3. The van der Waals surface area contributed by atoms with E-state index >= 15 is 0 Å². The predicted molar refractivity (Wildman–Crippen MR) is 88.8 cm³/mol. The molecule has 4 nitrogen and oxygen atoms in total. The minimum absolute atomic E-state index is 0.235. The van der Waals surface area contributed by atoms with Crippen molar-refractivity contribution in [3.8, 4) is 0 Å². The van der Waals surface area contributed by atoms with Crippen LogP contribution < -0.4 is 10.2 Å². The monoisotopic (exact) mass is 301 g/mol. The topological polar surface area (TPSA) is 45.2 Å². The summed E-state index contributed by atoms with van der Waals surface area (Å²) < 4.78 is 0. The number of amides is 1. The third-order valence-electron chi connectivity index (χ3n) is 5.03. The molecule has 2 fully saturated rings. The third kappa shape index (κ3) is 4.21. The van der Waals surface area contributed by atoms with E-state index in [1.54, 1.807) is 0 Å². The Labute approximate surface area is 133 Å². The van der Waals surface area contributed by atoms with Gasteiger partial charge in [-0.1, -0.05) is 38.2 Å². The van der Waals surface area contributed by atoms with Crippen molar-refractivity contribution in [2.24, 2.45) is 5.92 Å². The van der Waals surface area contributed by atoms with E-state index in [1.165, 1.54) is 32.1 Å². The van der Waals surface area contributed by atoms with E-state index in [4.69, 9.17) is 0 Å². The first kappa shape index (κ1) is 15.3. The Morgan fingerprint density at radius 3 is 2.86 bits per heavy atom. The van der Waals surface area contributed by atoms with Crippen LogP contribution in [0.15, 0.2) is 24.4 Å². The summed E-state index contributed by atoms with van der Waals surface area (Å²) in [5, 5.41) is 3.21. The third-order valence-corrected chi connectivity index (χ3v) is 5.03. The van der Waals surface area contributed by atoms with Crippen molar-refractivity contribution in [3.63, 3.8) is 0 Å². The molecule has 3 rings (SSSR count). The molecule has 1 aromatic rings. The van der Waals surface area contributed by atoms with Crippen LogP contribution in [-0.2, 0) is 4.79 Å². The van der Waals surface area contributed by atoms with Crippen LogP contribution in [0.3, 0.4) is 0 Å². The standard InChI is InChI=1S/C18H27N3O/c22-18(10-9-15-6-2-1-3-7-15)20-16-11-13-21(14-16)17-8-4-5-12-19-17/h4-5,8,12,15-16H,1-3,6-7,9-11,13-14H2,(H,20,22). The molecule has 2 aliphatic rings. The first-order valence-corrected chi connectivity index (χ1v) is 8.76. The average Bonchev–Trinajstić information content (AvgIpc) is 3.03. The molecule has 0 spiro atoms.